The van der Waals surface area contributed by atoms with Gasteiger partial charge >= 0.3 is 0 Å². The Kier molecular flexibility index (Phi) is 3.35. The van der Waals surface area contributed by atoms with Gasteiger partial charge in [0.1, 0.15) is 0 Å². The van der Waals surface area contributed by atoms with Crippen molar-refractivity contribution in [2.75, 3.05) is 13.1 Å². The minimum atomic E-state index is 0.462. The van der Waals surface area contributed by atoms with Gasteiger partial charge in [0.05, 0.1) is 0 Å². The quantitative estimate of drug-likeness (QED) is 0.760. The summed E-state index contributed by atoms with van der Waals surface area (Å²) in [6.45, 7) is 6.12. The van der Waals surface area contributed by atoms with Gasteiger partial charge in [0.15, 0.2) is 0 Å². The van der Waals surface area contributed by atoms with E-state index in [1.54, 1.807) is 16.7 Å². The first-order valence-corrected chi connectivity index (χ1v) is 9.61. The van der Waals surface area contributed by atoms with Crippen LogP contribution in [0.2, 0.25) is 0 Å². The van der Waals surface area contributed by atoms with Crippen LogP contribution in [0.5, 0.6) is 0 Å². The average Bonchev–Trinajstić information content (AvgIpc) is 3.38. The standard InChI is InChI=1S/C23H27N/c1-23-13-12-20-19(18-10-11-18)8-5-9-21(20)22(23)15-24(16-23)14-17-6-3-2-4-7-17/h2-9,18,22H,10-16H2,1H3/t22-,23-/m1/s1. The van der Waals surface area contributed by atoms with E-state index in [9.17, 15) is 0 Å². The number of nitrogens with zero attached hydrogens (tertiary/aromatic N) is 1. The molecule has 2 fully saturated rings. The maximum Gasteiger partial charge on any atom is 0.0234 e. The molecule has 124 valence electrons. The second kappa shape index (κ2) is 5.46. The van der Waals surface area contributed by atoms with Crippen molar-refractivity contribution < 1.29 is 0 Å². The van der Waals surface area contributed by atoms with Gasteiger partial charge < -0.3 is 0 Å². The van der Waals surface area contributed by atoms with Crippen LogP contribution in [-0.2, 0) is 13.0 Å². The van der Waals surface area contributed by atoms with Gasteiger partial charge in [-0.15, -0.1) is 0 Å². The van der Waals surface area contributed by atoms with E-state index in [-0.39, 0.29) is 0 Å². The van der Waals surface area contributed by atoms with Crippen LogP contribution in [0.1, 0.15) is 60.3 Å². The lowest BCUT2D eigenvalue weighted by atomic mass is 9.66. The third-order valence-electron chi connectivity index (χ3n) is 6.70. The molecular weight excluding hydrogens is 290 g/mol. The van der Waals surface area contributed by atoms with E-state index in [2.05, 4.69) is 60.4 Å². The Morgan fingerprint density at radius 1 is 1.00 bits per heavy atom. The molecule has 1 saturated carbocycles. The monoisotopic (exact) mass is 317 g/mol. The largest absolute Gasteiger partial charge is 0.298 e. The van der Waals surface area contributed by atoms with Crippen molar-refractivity contribution >= 4 is 0 Å². The van der Waals surface area contributed by atoms with E-state index in [0.29, 0.717) is 5.41 Å². The van der Waals surface area contributed by atoms with Crippen molar-refractivity contribution in [3.63, 3.8) is 0 Å². The molecule has 2 aliphatic carbocycles. The molecule has 5 rings (SSSR count). The molecule has 2 aromatic carbocycles. The van der Waals surface area contributed by atoms with Crippen LogP contribution < -0.4 is 0 Å². The lowest BCUT2D eigenvalue weighted by molar-refractivity contribution is 0.240. The highest BCUT2D eigenvalue weighted by Gasteiger charge is 2.47. The van der Waals surface area contributed by atoms with Gasteiger partial charge in [-0.3, -0.25) is 4.90 Å². The SMILES string of the molecule is C[C@]12CCc3c(C4CC4)cccc3[C@H]1CN(Cc1ccccc1)C2. The zero-order chi connectivity index (χ0) is 16.1. The topological polar surface area (TPSA) is 3.24 Å². The predicted molar refractivity (Wildman–Crippen MR) is 99.3 cm³/mol. The van der Waals surface area contributed by atoms with Crippen LogP contribution in [0.15, 0.2) is 48.5 Å². The van der Waals surface area contributed by atoms with Crippen LogP contribution >= 0.6 is 0 Å². The van der Waals surface area contributed by atoms with Crippen LogP contribution in [0.4, 0.5) is 0 Å². The van der Waals surface area contributed by atoms with Gasteiger partial charge in [-0.1, -0.05) is 55.5 Å². The first-order valence-electron chi connectivity index (χ1n) is 9.61. The average molecular weight is 317 g/mol. The fourth-order valence-corrected chi connectivity index (χ4v) is 5.28. The molecular formula is C23H27N. The van der Waals surface area contributed by atoms with Crippen LogP contribution in [0.25, 0.3) is 0 Å². The molecule has 0 bridgehead atoms. The second-order valence-electron chi connectivity index (χ2n) is 8.55. The summed E-state index contributed by atoms with van der Waals surface area (Å²) in [5.41, 5.74) is 7.01. The van der Waals surface area contributed by atoms with E-state index in [1.807, 2.05) is 0 Å². The van der Waals surface area contributed by atoms with E-state index in [0.717, 1.165) is 18.4 Å². The number of hydrogen-bond acceptors (Lipinski definition) is 1. The van der Waals surface area contributed by atoms with Gasteiger partial charge in [-0.25, -0.2) is 0 Å². The lowest BCUT2D eigenvalue weighted by Crippen LogP contribution is -2.31. The molecule has 1 nitrogen and oxygen atoms in total. The maximum absolute atomic E-state index is 2.69. The highest BCUT2D eigenvalue weighted by Crippen LogP contribution is 2.53. The van der Waals surface area contributed by atoms with Crippen LogP contribution in [0.3, 0.4) is 0 Å². The Bertz CT molecular complexity index is 746. The van der Waals surface area contributed by atoms with Crippen LogP contribution in [0, 0.1) is 5.41 Å². The Balaban J connectivity index is 1.44. The molecule has 1 aliphatic heterocycles. The Morgan fingerprint density at radius 2 is 1.79 bits per heavy atom. The zero-order valence-corrected chi connectivity index (χ0v) is 14.7. The van der Waals surface area contributed by atoms with Gasteiger partial charge in [0.25, 0.3) is 0 Å². The molecule has 0 unspecified atom stereocenters. The molecule has 1 heterocycles. The minimum Gasteiger partial charge on any atom is -0.298 e. The zero-order valence-electron chi connectivity index (χ0n) is 14.7. The first kappa shape index (κ1) is 14.7. The molecule has 0 N–H and O–H groups in total. The minimum absolute atomic E-state index is 0.462. The third-order valence-corrected chi connectivity index (χ3v) is 6.70. The molecule has 1 heteroatoms. The predicted octanol–water partition coefficient (Wildman–Crippen LogP) is 5.12. The smallest absolute Gasteiger partial charge is 0.0234 e. The molecule has 0 radical (unpaired) electrons. The molecule has 24 heavy (non-hydrogen) atoms. The number of fused-ring (bicyclic) bond motifs is 3. The van der Waals surface area contributed by atoms with Crippen molar-refractivity contribution in [2.24, 2.45) is 5.41 Å². The van der Waals surface area contributed by atoms with Gasteiger partial charge in [-0.05, 0) is 59.3 Å². The summed E-state index contributed by atoms with van der Waals surface area (Å²) < 4.78 is 0. The molecule has 2 aromatic rings. The molecule has 2 atom stereocenters. The Labute approximate surface area is 145 Å². The molecule has 0 amide bonds. The summed E-state index contributed by atoms with van der Waals surface area (Å²) in [7, 11) is 0. The number of likely N-dealkylation sites (tertiary alicyclic amines) is 1. The number of rotatable bonds is 3. The number of benzene rings is 2. The molecule has 1 saturated heterocycles. The van der Waals surface area contributed by atoms with Crippen molar-refractivity contribution in [1.82, 2.24) is 4.90 Å². The highest BCUT2D eigenvalue weighted by molar-refractivity contribution is 5.45. The molecule has 3 aliphatic rings. The summed E-state index contributed by atoms with van der Waals surface area (Å²) >= 11 is 0. The van der Waals surface area contributed by atoms with Crippen molar-refractivity contribution in [3.05, 3.63) is 70.8 Å². The molecule has 0 spiro atoms. The van der Waals surface area contributed by atoms with Gasteiger partial charge in [0.2, 0.25) is 0 Å². The lowest BCUT2D eigenvalue weighted by Gasteiger charge is -2.38. The van der Waals surface area contributed by atoms with E-state index in [1.165, 1.54) is 44.3 Å². The second-order valence-corrected chi connectivity index (χ2v) is 8.55. The normalized spacial score (nSPS) is 29.3. The van der Waals surface area contributed by atoms with E-state index in [4.69, 9.17) is 0 Å². The number of hydrogen-bond donors (Lipinski definition) is 0. The third kappa shape index (κ3) is 2.41. The Hall–Kier alpha value is -1.60. The highest BCUT2D eigenvalue weighted by atomic mass is 15.2. The summed E-state index contributed by atoms with van der Waals surface area (Å²) in [6.07, 6.45) is 5.49. The van der Waals surface area contributed by atoms with E-state index < -0.39 is 0 Å². The Morgan fingerprint density at radius 3 is 2.58 bits per heavy atom. The van der Waals surface area contributed by atoms with Crippen molar-refractivity contribution in [2.45, 2.75) is 51.0 Å². The summed E-state index contributed by atoms with van der Waals surface area (Å²) in [6, 6.07) is 18.2. The van der Waals surface area contributed by atoms with E-state index >= 15 is 0 Å². The maximum atomic E-state index is 2.69. The fourth-order valence-electron chi connectivity index (χ4n) is 5.28. The van der Waals surface area contributed by atoms with Crippen molar-refractivity contribution in [3.8, 4) is 0 Å². The molecule has 0 aromatic heterocycles. The summed E-state index contributed by atoms with van der Waals surface area (Å²) in [4.78, 5) is 2.69. The van der Waals surface area contributed by atoms with Gasteiger partial charge in [-0.2, -0.15) is 0 Å². The first-order chi connectivity index (χ1) is 11.7. The van der Waals surface area contributed by atoms with Crippen LogP contribution in [-0.4, -0.2) is 18.0 Å². The summed E-state index contributed by atoms with van der Waals surface area (Å²) in [5, 5.41) is 0. The summed E-state index contributed by atoms with van der Waals surface area (Å²) in [5.74, 6) is 1.61. The fraction of sp³-hybridized carbons (Fsp3) is 0.478. The van der Waals surface area contributed by atoms with Crippen molar-refractivity contribution in [1.29, 1.82) is 0 Å². The van der Waals surface area contributed by atoms with Gasteiger partial charge in [0, 0.05) is 25.6 Å².